The summed E-state index contributed by atoms with van der Waals surface area (Å²) in [5, 5.41) is 13.8. The van der Waals surface area contributed by atoms with Crippen LogP contribution in [0.4, 0.5) is 0 Å². The van der Waals surface area contributed by atoms with Gasteiger partial charge in [0.25, 0.3) is 5.91 Å². The Bertz CT molecular complexity index is 1190. The maximum atomic E-state index is 12.6. The molecule has 1 N–H and O–H groups in total. The Morgan fingerprint density at radius 2 is 2.00 bits per heavy atom. The predicted octanol–water partition coefficient (Wildman–Crippen LogP) is 2.64. The average molecular weight is 408 g/mol. The van der Waals surface area contributed by atoms with Gasteiger partial charge in [-0.05, 0) is 43.4 Å². The number of thiophene rings is 1. The third kappa shape index (κ3) is 3.32. The molecule has 4 aromatic heterocycles. The van der Waals surface area contributed by atoms with Crippen molar-refractivity contribution in [1.82, 2.24) is 34.6 Å². The van der Waals surface area contributed by atoms with Gasteiger partial charge in [0.15, 0.2) is 5.65 Å². The largest absolute Gasteiger partial charge is 0.336 e. The molecule has 0 radical (unpaired) electrons. The van der Waals surface area contributed by atoms with Gasteiger partial charge in [0.1, 0.15) is 0 Å². The summed E-state index contributed by atoms with van der Waals surface area (Å²) in [6.07, 6.45) is 11.6. The molecule has 1 fully saturated rings. The van der Waals surface area contributed by atoms with Crippen LogP contribution in [-0.4, -0.2) is 54.9 Å². The van der Waals surface area contributed by atoms with E-state index in [0.29, 0.717) is 4.88 Å². The molecule has 0 saturated carbocycles. The highest BCUT2D eigenvalue weighted by molar-refractivity contribution is 7.12. The van der Waals surface area contributed by atoms with Gasteiger partial charge in [0.2, 0.25) is 0 Å². The summed E-state index contributed by atoms with van der Waals surface area (Å²) in [6.45, 7) is 1.02. The van der Waals surface area contributed by atoms with Crippen molar-refractivity contribution in [2.75, 3.05) is 13.6 Å². The zero-order valence-corrected chi connectivity index (χ0v) is 17.1. The van der Waals surface area contributed by atoms with Crippen LogP contribution in [0.25, 0.3) is 27.9 Å². The minimum absolute atomic E-state index is 0.0247. The van der Waals surface area contributed by atoms with Crippen LogP contribution in [0.2, 0.25) is 0 Å². The lowest BCUT2D eigenvalue weighted by atomic mass is 10.1. The van der Waals surface area contributed by atoms with Crippen molar-refractivity contribution in [3.8, 4) is 22.3 Å². The Labute approximate surface area is 171 Å². The van der Waals surface area contributed by atoms with Gasteiger partial charge < -0.3 is 5.32 Å². The smallest absolute Gasteiger partial charge is 0.262 e. The van der Waals surface area contributed by atoms with E-state index >= 15 is 0 Å². The Hall–Kier alpha value is -3.04. The number of nitrogens with zero attached hydrogens (tertiary/aromatic N) is 6. The predicted molar refractivity (Wildman–Crippen MR) is 112 cm³/mol. The number of hydrogen-bond donors (Lipinski definition) is 1. The zero-order chi connectivity index (χ0) is 20.0. The van der Waals surface area contributed by atoms with Crippen molar-refractivity contribution in [1.29, 1.82) is 0 Å². The first-order valence-electron chi connectivity index (χ1n) is 9.51. The van der Waals surface area contributed by atoms with Crippen molar-refractivity contribution in [3.63, 3.8) is 0 Å². The molecule has 1 saturated heterocycles. The number of fused-ring (bicyclic) bond motifs is 1. The van der Waals surface area contributed by atoms with E-state index in [2.05, 4.69) is 25.4 Å². The van der Waals surface area contributed by atoms with Crippen LogP contribution in [0, 0.1) is 0 Å². The summed E-state index contributed by atoms with van der Waals surface area (Å²) < 4.78 is 3.53. The Morgan fingerprint density at radius 3 is 2.76 bits per heavy atom. The van der Waals surface area contributed by atoms with Gasteiger partial charge in [0, 0.05) is 42.3 Å². The summed E-state index contributed by atoms with van der Waals surface area (Å²) >= 11 is 1.45. The number of hydrogen-bond acceptors (Lipinski definition) is 6. The normalized spacial score (nSPS) is 17.2. The van der Waals surface area contributed by atoms with Crippen molar-refractivity contribution < 1.29 is 4.79 Å². The summed E-state index contributed by atoms with van der Waals surface area (Å²) in [4.78, 5) is 20.1. The van der Waals surface area contributed by atoms with Crippen molar-refractivity contribution in [3.05, 3.63) is 47.3 Å². The quantitative estimate of drug-likeness (QED) is 0.563. The average Bonchev–Trinajstić information content (AvgIpc) is 3.48. The number of aromatic nitrogens is 5. The van der Waals surface area contributed by atoms with Crippen molar-refractivity contribution >= 4 is 22.9 Å². The zero-order valence-electron chi connectivity index (χ0n) is 16.2. The topological polar surface area (TPSA) is 80.4 Å². The molecule has 1 amide bonds. The molecule has 1 atom stereocenters. The molecular formula is C20H21N7OS. The maximum absolute atomic E-state index is 12.6. The fraction of sp³-hybridized carbons (Fsp3) is 0.300. The first-order valence-corrected chi connectivity index (χ1v) is 10.4. The lowest BCUT2D eigenvalue weighted by Gasteiger charge is -2.20. The van der Waals surface area contributed by atoms with E-state index in [1.807, 2.05) is 44.1 Å². The lowest BCUT2D eigenvalue weighted by molar-refractivity contribution is 0.0904. The fourth-order valence-corrected chi connectivity index (χ4v) is 4.52. The highest BCUT2D eigenvalue weighted by Crippen LogP contribution is 2.29. The van der Waals surface area contributed by atoms with Gasteiger partial charge in [-0.25, -0.2) is 9.50 Å². The number of nitrogens with one attached hydrogen (secondary N) is 1. The fourth-order valence-electron chi connectivity index (χ4n) is 3.71. The van der Waals surface area contributed by atoms with Gasteiger partial charge in [-0.2, -0.15) is 10.2 Å². The minimum atomic E-state index is -0.0247. The third-order valence-electron chi connectivity index (χ3n) is 5.35. The molecule has 0 bridgehead atoms. The number of likely N-dealkylation sites (tertiary alicyclic amines) is 1. The molecule has 0 aromatic carbocycles. The molecule has 29 heavy (non-hydrogen) atoms. The molecule has 1 aliphatic rings. The number of carbonyl (C=O) groups is 1. The number of amides is 1. The van der Waals surface area contributed by atoms with Gasteiger partial charge in [-0.3, -0.25) is 14.4 Å². The van der Waals surface area contributed by atoms with Crippen molar-refractivity contribution in [2.45, 2.75) is 19.0 Å². The van der Waals surface area contributed by atoms with Gasteiger partial charge in [-0.1, -0.05) is 0 Å². The van der Waals surface area contributed by atoms with Crippen LogP contribution in [0.5, 0.6) is 0 Å². The number of carbonyl (C=O) groups excluding carboxylic acids is 1. The molecule has 148 valence electrons. The molecule has 5 rings (SSSR count). The minimum Gasteiger partial charge on any atom is -0.336 e. The molecule has 9 heteroatoms. The van der Waals surface area contributed by atoms with Gasteiger partial charge >= 0.3 is 0 Å². The molecule has 4 aromatic rings. The van der Waals surface area contributed by atoms with Crippen LogP contribution < -0.4 is 5.32 Å². The molecule has 1 aliphatic heterocycles. The van der Waals surface area contributed by atoms with E-state index in [4.69, 9.17) is 0 Å². The molecule has 0 spiro atoms. The molecule has 0 aliphatic carbocycles. The highest BCUT2D eigenvalue weighted by atomic mass is 32.1. The van der Waals surface area contributed by atoms with Crippen LogP contribution in [0.1, 0.15) is 22.5 Å². The maximum Gasteiger partial charge on any atom is 0.262 e. The SMILES string of the molecule is CN1CCCC1NC(=O)c1cc(-c2cnn3cc(-c4cnn(C)c4)cnc23)cs1. The second-order valence-electron chi connectivity index (χ2n) is 7.38. The number of rotatable bonds is 4. The Balaban J connectivity index is 1.40. The van der Waals surface area contributed by atoms with Crippen LogP contribution in [0.3, 0.4) is 0 Å². The standard InChI is InChI=1S/C20H21N7OS/c1-25-5-3-4-18(25)24-20(28)17-6-13(12-29-17)16-9-23-27-11-14(7-21-19(16)27)15-8-22-26(2)10-15/h6-12,18H,3-5H2,1-2H3,(H,24,28). The molecule has 8 nitrogen and oxygen atoms in total. The lowest BCUT2D eigenvalue weighted by Crippen LogP contribution is -2.42. The molecule has 5 heterocycles. The Kier molecular flexibility index (Phi) is 4.40. The van der Waals surface area contributed by atoms with Gasteiger partial charge in [0.05, 0.1) is 23.4 Å². The summed E-state index contributed by atoms with van der Waals surface area (Å²) in [5.74, 6) is -0.0247. The Morgan fingerprint density at radius 1 is 1.14 bits per heavy atom. The third-order valence-corrected chi connectivity index (χ3v) is 6.28. The second kappa shape index (κ2) is 7.09. The number of aryl methyl sites for hydroxylation is 1. The van der Waals surface area contributed by atoms with E-state index in [1.165, 1.54) is 11.3 Å². The van der Waals surface area contributed by atoms with Crippen LogP contribution in [-0.2, 0) is 7.05 Å². The first kappa shape index (κ1) is 18.0. The molecule has 1 unspecified atom stereocenters. The van der Waals surface area contributed by atoms with Gasteiger partial charge in [-0.15, -0.1) is 11.3 Å². The van der Waals surface area contributed by atoms with Crippen molar-refractivity contribution in [2.24, 2.45) is 7.05 Å². The second-order valence-corrected chi connectivity index (χ2v) is 8.29. The highest BCUT2D eigenvalue weighted by Gasteiger charge is 2.23. The summed E-state index contributed by atoms with van der Waals surface area (Å²) in [7, 11) is 3.93. The summed E-state index contributed by atoms with van der Waals surface area (Å²) in [6, 6.07) is 1.92. The van der Waals surface area contributed by atoms with E-state index in [1.54, 1.807) is 21.6 Å². The van der Waals surface area contributed by atoms with Crippen LogP contribution >= 0.6 is 11.3 Å². The monoisotopic (exact) mass is 407 g/mol. The summed E-state index contributed by atoms with van der Waals surface area (Å²) in [5.41, 5.74) is 4.57. The van der Waals surface area contributed by atoms with E-state index < -0.39 is 0 Å². The van der Waals surface area contributed by atoms with Crippen LogP contribution in [0.15, 0.2) is 42.4 Å². The first-order chi connectivity index (χ1) is 14.1. The molecular weight excluding hydrogens is 386 g/mol. The van der Waals surface area contributed by atoms with E-state index in [0.717, 1.165) is 47.3 Å². The van der Waals surface area contributed by atoms with E-state index in [-0.39, 0.29) is 12.1 Å². The van der Waals surface area contributed by atoms with E-state index in [9.17, 15) is 4.79 Å².